The van der Waals surface area contributed by atoms with E-state index >= 15 is 0 Å². The Morgan fingerprint density at radius 1 is 0.818 bits per heavy atom. The summed E-state index contributed by atoms with van der Waals surface area (Å²) in [6.45, 7) is 6.92. The van der Waals surface area contributed by atoms with Crippen LogP contribution < -0.4 is 10.4 Å². The molecule has 4 aromatic carbocycles. The number of rotatable bonds is 9. The van der Waals surface area contributed by atoms with Crippen molar-refractivity contribution in [3.05, 3.63) is 132 Å². The molecule has 1 fully saturated rings. The third-order valence-corrected chi connectivity index (χ3v) is 13.6. The highest BCUT2D eigenvalue weighted by Crippen LogP contribution is 2.41. The van der Waals surface area contributed by atoms with Gasteiger partial charge < -0.3 is 19.2 Å². The van der Waals surface area contributed by atoms with Crippen molar-refractivity contribution in [2.75, 3.05) is 13.2 Å². The first-order chi connectivity index (χ1) is 21.2. The van der Waals surface area contributed by atoms with E-state index in [9.17, 15) is 14.7 Å². The minimum atomic E-state index is -2.81. The van der Waals surface area contributed by atoms with Crippen molar-refractivity contribution in [3.63, 3.8) is 0 Å². The number of benzene rings is 4. The van der Waals surface area contributed by atoms with Gasteiger partial charge in [0.1, 0.15) is 13.2 Å². The van der Waals surface area contributed by atoms with Crippen molar-refractivity contribution >= 4 is 30.6 Å². The van der Waals surface area contributed by atoms with Crippen LogP contribution in [-0.2, 0) is 15.8 Å². The van der Waals surface area contributed by atoms with E-state index in [1.165, 1.54) is 10.4 Å². The normalized spacial score (nSPS) is 17.2. The zero-order valence-corrected chi connectivity index (χ0v) is 26.7. The summed E-state index contributed by atoms with van der Waals surface area (Å²) in [6.07, 6.45) is 0.752. The predicted molar refractivity (Wildman–Crippen MR) is 176 cm³/mol. The van der Waals surface area contributed by atoms with E-state index < -0.39 is 14.9 Å². The Balaban J connectivity index is 1.48. The number of hydrogen-bond acceptors (Lipinski definition) is 5. The number of piperidine rings is 1. The molecule has 0 spiro atoms. The Morgan fingerprint density at radius 2 is 1.36 bits per heavy atom. The van der Waals surface area contributed by atoms with Gasteiger partial charge >= 0.3 is 6.09 Å². The number of aliphatic hydroxyl groups is 1. The Kier molecular flexibility index (Phi) is 9.79. The molecule has 1 aliphatic rings. The summed E-state index contributed by atoms with van der Waals surface area (Å²) in [7, 11) is -2.81. The number of carbonyl (C=O) groups is 2. The van der Waals surface area contributed by atoms with Gasteiger partial charge in [0, 0.05) is 18.2 Å². The van der Waals surface area contributed by atoms with E-state index in [1.54, 1.807) is 17.0 Å². The fourth-order valence-electron chi connectivity index (χ4n) is 6.30. The summed E-state index contributed by atoms with van der Waals surface area (Å²) in [4.78, 5) is 27.5. The van der Waals surface area contributed by atoms with Crippen molar-refractivity contribution in [1.29, 1.82) is 0 Å². The molecule has 228 valence electrons. The number of Topliss-reactive ketones (excluding diaryl/α,β-unsaturated/α-hetero) is 1. The van der Waals surface area contributed by atoms with Gasteiger partial charge in [0.25, 0.3) is 8.32 Å². The van der Waals surface area contributed by atoms with E-state index in [2.05, 4.69) is 69.3 Å². The number of carbonyl (C=O) groups excluding carboxylic acids is 2. The standard InChI is InChI=1S/C37H41NO5Si/c1-37(2,3)44(32-15-9-5-10-16-32,33-17-11-6-12-18-33)43-31-23-24-38(36(41)42-27-28-13-7-4-8-14-28)34(25-31)29-19-21-30(22-20-29)35(40)26-39/h4-22,31,34,39H,23-27H2,1-3H3/t31-,34?/m0/s1. The maximum absolute atomic E-state index is 13.6. The van der Waals surface area contributed by atoms with Gasteiger partial charge in [-0.2, -0.15) is 0 Å². The number of ether oxygens (including phenoxy) is 1. The first-order valence-electron chi connectivity index (χ1n) is 15.2. The molecule has 1 saturated heterocycles. The Hall–Kier alpha value is -4.04. The second-order valence-corrected chi connectivity index (χ2v) is 16.6. The van der Waals surface area contributed by atoms with Crippen LogP contribution in [0.4, 0.5) is 4.79 Å². The monoisotopic (exact) mass is 607 g/mol. The average molecular weight is 608 g/mol. The highest BCUT2D eigenvalue weighted by Gasteiger charge is 2.52. The minimum absolute atomic E-state index is 0.122. The fraction of sp³-hybridized carbons (Fsp3) is 0.297. The molecule has 0 radical (unpaired) electrons. The summed E-state index contributed by atoms with van der Waals surface area (Å²) in [6, 6.07) is 37.7. The minimum Gasteiger partial charge on any atom is -0.445 e. The molecule has 7 heteroatoms. The van der Waals surface area contributed by atoms with Crippen LogP contribution >= 0.6 is 0 Å². The molecule has 1 heterocycles. The van der Waals surface area contributed by atoms with Crippen LogP contribution in [0, 0.1) is 0 Å². The van der Waals surface area contributed by atoms with Crippen LogP contribution in [0.25, 0.3) is 0 Å². The maximum atomic E-state index is 13.6. The van der Waals surface area contributed by atoms with E-state index in [-0.39, 0.29) is 35.7 Å². The molecule has 1 N–H and O–H groups in total. The number of aliphatic hydroxyl groups excluding tert-OH is 1. The molecule has 0 aliphatic carbocycles. The van der Waals surface area contributed by atoms with E-state index in [0.717, 1.165) is 11.1 Å². The number of ketones is 1. The smallest absolute Gasteiger partial charge is 0.410 e. The predicted octanol–water partition coefficient (Wildman–Crippen LogP) is 6.28. The summed E-state index contributed by atoms with van der Waals surface area (Å²) in [5.74, 6) is -0.341. The third kappa shape index (κ3) is 6.70. The molecule has 4 aromatic rings. The number of nitrogens with zero attached hydrogens (tertiary/aromatic N) is 1. The quantitative estimate of drug-likeness (QED) is 0.179. The van der Waals surface area contributed by atoms with Crippen molar-refractivity contribution in [3.8, 4) is 0 Å². The Labute approximate surface area is 261 Å². The fourth-order valence-corrected chi connectivity index (χ4v) is 11.0. The number of amides is 1. The molecule has 0 bridgehead atoms. The molecule has 5 rings (SSSR count). The van der Waals surface area contributed by atoms with Crippen molar-refractivity contribution in [2.45, 2.75) is 57.4 Å². The van der Waals surface area contributed by atoms with Crippen LogP contribution in [0.2, 0.25) is 5.04 Å². The van der Waals surface area contributed by atoms with Crippen LogP contribution in [0.5, 0.6) is 0 Å². The van der Waals surface area contributed by atoms with Crippen molar-refractivity contribution in [1.82, 2.24) is 4.90 Å². The van der Waals surface area contributed by atoms with E-state index in [0.29, 0.717) is 24.9 Å². The number of likely N-dealkylation sites (tertiary alicyclic amines) is 1. The number of hydrogen-bond donors (Lipinski definition) is 1. The van der Waals surface area contributed by atoms with Crippen LogP contribution in [-0.4, -0.2) is 49.5 Å². The lowest BCUT2D eigenvalue weighted by atomic mass is 9.93. The molecule has 0 saturated carbocycles. The molecule has 44 heavy (non-hydrogen) atoms. The average Bonchev–Trinajstić information content (AvgIpc) is 3.06. The van der Waals surface area contributed by atoms with Gasteiger partial charge in [0.05, 0.1) is 6.04 Å². The molecule has 1 unspecified atom stereocenters. The lowest BCUT2D eigenvalue weighted by Gasteiger charge is -2.48. The van der Waals surface area contributed by atoms with Gasteiger partial charge in [-0.3, -0.25) is 4.79 Å². The van der Waals surface area contributed by atoms with Crippen molar-refractivity contribution in [2.24, 2.45) is 0 Å². The second-order valence-electron chi connectivity index (χ2n) is 12.4. The molecule has 1 aliphatic heterocycles. The highest BCUT2D eigenvalue weighted by molar-refractivity contribution is 6.99. The Morgan fingerprint density at radius 3 is 1.89 bits per heavy atom. The largest absolute Gasteiger partial charge is 0.445 e. The molecular weight excluding hydrogens is 566 g/mol. The first-order valence-corrected chi connectivity index (χ1v) is 17.1. The van der Waals surface area contributed by atoms with Crippen LogP contribution in [0.3, 0.4) is 0 Å². The second kappa shape index (κ2) is 13.7. The zero-order valence-electron chi connectivity index (χ0n) is 25.7. The summed E-state index contributed by atoms with van der Waals surface area (Å²) in [5, 5.41) is 11.6. The Bertz CT molecular complexity index is 1480. The molecule has 2 atom stereocenters. The van der Waals surface area contributed by atoms with Crippen LogP contribution in [0.1, 0.15) is 61.1 Å². The van der Waals surface area contributed by atoms with Crippen molar-refractivity contribution < 1.29 is 23.9 Å². The van der Waals surface area contributed by atoms with Gasteiger partial charge in [-0.25, -0.2) is 4.79 Å². The summed E-state index contributed by atoms with van der Waals surface area (Å²) >= 11 is 0. The van der Waals surface area contributed by atoms with E-state index in [1.807, 2.05) is 54.6 Å². The van der Waals surface area contributed by atoms with Gasteiger partial charge in [-0.1, -0.05) is 136 Å². The topological polar surface area (TPSA) is 76.1 Å². The SMILES string of the molecule is CC(C)(C)[Si](O[C@H]1CCN(C(=O)OCc2ccccc2)C(c2ccc(C(=O)CO)cc2)C1)(c1ccccc1)c1ccccc1. The third-order valence-electron chi connectivity index (χ3n) is 8.52. The lowest BCUT2D eigenvalue weighted by Crippen LogP contribution is -2.68. The maximum Gasteiger partial charge on any atom is 0.410 e. The molecule has 6 nitrogen and oxygen atoms in total. The first kappa shape index (κ1) is 31.4. The lowest BCUT2D eigenvalue weighted by molar-refractivity contribution is 0.0312. The highest BCUT2D eigenvalue weighted by atomic mass is 28.4. The van der Waals surface area contributed by atoms with Gasteiger partial charge in [0.2, 0.25) is 0 Å². The van der Waals surface area contributed by atoms with Crippen LogP contribution in [0.15, 0.2) is 115 Å². The molecule has 1 amide bonds. The summed E-state index contributed by atoms with van der Waals surface area (Å²) in [5.41, 5.74) is 2.26. The van der Waals surface area contributed by atoms with Gasteiger partial charge in [0.15, 0.2) is 5.78 Å². The molecular formula is C37H41NO5Si. The van der Waals surface area contributed by atoms with E-state index in [4.69, 9.17) is 9.16 Å². The summed E-state index contributed by atoms with van der Waals surface area (Å²) < 4.78 is 13.3. The van der Waals surface area contributed by atoms with Gasteiger partial charge in [-0.15, -0.1) is 0 Å². The molecule has 0 aromatic heterocycles. The van der Waals surface area contributed by atoms with Gasteiger partial charge in [-0.05, 0) is 39.4 Å². The zero-order chi connectivity index (χ0) is 31.2.